The summed E-state index contributed by atoms with van der Waals surface area (Å²) in [5, 5.41) is 12.4. The smallest absolute Gasteiger partial charge is 0.141 e. The first kappa shape index (κ1) is 14.0. The van der Waals surface area contributed by atoms with Crippen LogP contribution in [0, 0.1) is 17.1 Å². The summed E-state index contributed by atoms with van der Waals surface area (Å²) in [5.41, 5.74) is 1.53. The van der Waals surface area contributed by atoms with Crippen LogP contribution < -0.4 is 5.32 Å². The van der Waals surface area contributed by atoms with Gasteiger partial charge in [0.25, 0.3) is 0 Å². The van der Waals surface area contributed by atoms with Crippen LogP contribution in [-0.4, -0.2) is 0 Å². The number of nitriles is 1. The highest BCUT2D eigenvalue weighted by Gasteiger charge is 2.14. The van der Waals surface area contributed by atoms with Crippen molar-refractivity contribution in [3.05, 3.63) is 62.8 Å². The van der Waals surface area contributed by atoms with E-state index in [1.807, 2.05) is 24.3 Å². The molecule has 2 aromatic rings. The lowest BCUT2D eigenvalue weighted by Gasteiger charge is -2.15. The largest absolute Gasteiger partial charge is 0.366 e. The second kappa shape index (κ2) is 6.18. The number of rotatable bonds is 3. The molecule has 2 nitrogen and oxygen atoms in total. The number of anilines is 1. The molecule has 2 rings (SSSR count). The highest BCUT2D eigenvalue weighted by atomic mass is 79.9. The Labute approximate surface area is 127 Å². The summed E-state index contributed by atoms with van der Waals surface area (Å²) in [4.78, 5) is 0. The first-order valence-electron chi connectivity index (χ1n) is 5.47. The molecule has 0 bridgehead atoms. The molecule has 1 atom stereocenters. The summed E-state index contributed by atoms with van der Waals surface area (Å²) in [6.07, 6.45) is 0. The van der Waals surface area contributed by atoms with Gasteiger partial charge >= 0.3 is 0 Å². The minimum atomic E-state index is -0.545. The van der Waals surface area contributed by atoms with Gasteiger partial charge in [-0.2, -0.15) is 5.26 Å². The fourth-order valence-corrected chi connectivity index (χ4v) is 2.47. The molecule has 19 heavy (non-hydrogen) atoms. The zero-order valence-corrected chi connectivity index (χ0v) is 12.9. The third-order valence-corrected chi connectivity index (χ3v) is 3.77. The van der Waals surface area contributed by atoms with Crippen molar-refractivity contribution in [3.8, 4) is 6.07 Å². The molecule has 0 amide bonds. The van der Waals surface area contributed by atoms with Crippen molar-refractivity contribution in [2.45, 2.75) is 6.04 Å². The normalized spacial score (nSPS) is 11.7. The highest BCUT2D eigenvalue weighted by Crippen LogP contribution is 2.27. The molecular formula is C14H9Br2FN2. The fraction of sp³-hybridized carbons (Fsp3) is 0.0714. The van der Waals surface area contributed by atoms with Gasteiger partial charge in [0.15, 0.2) is 0 Å². The molecule has 0 aliphatic carbocycles. The van der Waals surface area contributed by atoms with E-state index in [0.717, 1.165) is 10.2 Å². The van der Waals surface area contributed by atoms with Gasteiger partial charge in [-0.1, -0.05) is 37.9 Å². The van der Waals surface area contributed by atoms with Gasteiger partial charge in [-0.05, 0) is 36.4 Å². The summed E-state index contributed by atoms with van der Waals surface area (Å²) in [6, 6.07) is 13.4. The maximum Gasteiger partial charge on any atom is 0.141 e. The molecule has 1 unspecified atom stereocenters. The van der Waals surface area contributed by atoms with Crippen LogP contribution in [0.1, 0.15) is 11.6 Å². The van der Waals surface area contributed by atoms with Gasteiger partial charge in [-0.25, -0.2) is 4.39 Å². The highest BCUT2D eigenvalue weighted by molar-refractivity contribution is 9.10. The molecule has 0 aliphatic rings. The molecule has 0 aliphatic heterocycles. The molecule has 0 heterocycles. The predicted molar refractivity (Wildman–Crippen MR) is 80.2 cm³/mol. The molecular weight excluding hydrogens is 375 g/mol. The molecule has 1 N–H and O–H groups in total. The van der Waals surface area contributed by atoms with Gasteiger partial charge in [-0.15, -0.1) is 0 Å². The van der Waals surface area contributed by atoms with Gasteiger partial charge in [0.2, 0.25) is 0 Å². The standard InChI is InChI=1S/C14H9Br2FN2/c15-9-1-4-11(5-2-9)19-14(8-18)12-6-3-10(17)7-13(12)16/h1-7,14,19H. The Hall–Kier alpha value is -1.38. The Balaban J connectivity index is 2.25. The average molecular weight is 384 g/mol. The van der Waals surface area contributed by atoms with Gasteiger partial charge in [0.05, 0.1) is 6.07 Å². The fourth-order valence-electron chi connectivity index (χ4n) is 1.63. The Kier molecular flexibility index (Phi) is 4.56. The molecule has 0 radical (unpaired) electrons. The third kappa shape index (κ3) is 3.55. The van der Waals surface area contributed by atoms with E-state index in [4.69, 9.17) is 0 Å². The zero-order valence-electron chi connectivity index (χ0n) is 9.70. The Morgan fingerprint density at radius 2 is 1.79 bits per heavy atom. The summed E-state index contributed by atoms with van der Waals surface area (Å²) >= 11 is 6.63. The lowest BCUT2D eigenvalue weighted by atomic mass is 10.1. The number of hydrogen-bond donors (Lipinski definition) is 1. The monoisotopic (exact) mass is 382 g/mol. The second-order valence-electron chi connectivity index (χ2n) is 3.88. The van der Waals surface area contributed by atoms with Crippen LogP contribution >= 0.6 is 31.9 Å². The molecule has 96 valence electrons. The van der Waals surface area contributed by atoms with E-state index in [1.165, 1.54) is 12.1 Å². The minimum Gasteiger partial charge on any atom is -0.366 e. The van der Waals surface area contributed by atoms with Crippen LogP contribution in [0.2, 0.25) is 0 Å². The summed E-state index contributed by atoms with van der Waals surface area (Å²) < 4.78 is 14.6. The van der Waals surface area contributed by atoms with Crippen molar-refractivity contribution in [1.82, 2.24) is 0 Å². The van der Waals surface area contributed by atoms with Crippen molar-refractivity contribution in [2.24, 2.45) is 0 Å². The number of benzene rings is 2. The van der Waals surface area contributed by atoms with E-state index >= 15 is 0 Å². The lowest BCUT2D eigenvalue weighted by molar-refractivity contribution is 0.625. The zero-order chi connectivity index (χ0) is 13.8. The number of halogens is 3. The van der Waals surface area contributed by atoms with Crippen molar-refractivity contribution < 1.29 is 4.39 Å². The summed E-state index contributed by atoms with van der Waals surface area (Å²) in [6.45, 7) is 0. The predicted octanol–water partition coefficient (Wildman–Crippen LogP) is 5.03. The Bertz CT molecular complexity index is 620. The van der Waals surface area contributed by atoms with Crippen LogP contribution in [0.4, 0.5) is 10.1 Å². The maximum atomic E-state index is 13.0. The quantitative estimate of drug-likeness (QED) is 0.806. The number of nitrogens with zero attached hydrogens (tertiary/aromatic N) is 1. The van der Waals surface area contributed by atoms with Gasteiger partial charge in [-0.3, -0.25) is 0 Å². The molecule has 0 aromatic heterocycles. The van der Waals surface area contributed by atoms with Crippen molar-refractivity contribution in [1.29, 1.82) is 5.26 Å². The first-order chi connectivity index (χ1) is 9.10. The van der Waals surface area contributed by atoms with Crippen LogP contribution in [0.25, 0.3) is 0 Å². The van der Waals surface area contributed by atoms with Crippen LogP contribution in [-0.2, 0) is 0 Å². The SMILES string of the molecule is N#CC(Nc1ccc(Br)cc1)c1ccc(F)cc1Br. The van der Waals surface area contributed by atoms with Gasteiger partial charge < -0.3 is 5.32 Å². The first-order valence-corrected chi connectivity index (χ1v) is 7.05. The average Bonchev–Trinajstić information content (AvgIpc) is 2.39. The van der Waals surface area contributed by atoms with E-state index in [2.05, 4.69) is 43.2 Å². The summed E-state index contributed by atoms with van der Waals surface area (Å²) in [5.74, 6) is -0.337. The van der Waals surface area contributed by atoms with E-state index in [0.29, 0.717) is 10.0 Å². The second-order valence-corrected chi connectivity index (χ2v) is 5.65. The summed E-state index contributed by atoms with van der Waals surface area (Å²) in [7, 11) is 0. The van der Waals surface area contributed by atoms with Crippen molar-refractivity contribution >= 4 is 37.5 Å². The number of hydrogen-bond acceptors (Lipinski definition) is 2. The third-order valence-electron chi connectivity index (χ3n) is 2.56. The van der Waals surface area contributed by atoms with Gasteiger partial charge in [0, 0.05) is 20.2 Å². The van der Waals surface area contributed by atoms with Crippen LogP contribution in [0.15, 0.2) is 51.4 Å². The Morgan fingerprint density at radius 3 is 2.37 bits per heavy atom. The molecule has 0 fully saturated rings. The molecule has 2 aromatic carbocycles. The minimum absolute atomic E-state index is 0.337. The molecule has 0 saturated carbocycles. The van der Waals surface area contributed by atoms with Gasteiger partial charge in [0.1, 0.15) is 11.9 Å². The van der Waals surface area contributed by atoms with Crippen molar-refractivity contribution in [2.75, 3.05) is 5.32 Å². The van der Waals surface area contributed by atoms with Crippen LogP contribution in [0.5, 0.6) is 0 Å². The van der Waals surface area contributed by atoms with E-state index in [9.17, 15) is 9.65 Å². The maximum absolute atomic E-state index is 13.0. The van der Waals surface area contributed by atoms with Crippen molar-refractivity contribution in [3.63, 3.8) is 0 Å². The van der Waals surface area contributed by atoms with E-state index < -0.39 is 6.04 Å². The Morgan fingerprint density at radius 1 is 1.11 bits per heavy atom. The van der Waals surface area contributed by atoms with E-state index in [1.54, 1.807) is 6.07 Å². The molecule has 0 spiro atoms. The van der Waals surface area contributed by atoms with E-state index in [-0.39, 0.29) is 5.82 Å². The van der Waals surface area contributed by atoms with Crippen LogP contribution in [0.3, 0.4) is 0 Å². The molecule has 5 heteroatoms. The number of nitrogens with one attached hydrogen (secondary N) is 1. The molecule has 0 saturated heterocycles. The topological polar surface area (TPSA) is 35.8 Å². The lowest BCUT2D eigenvalue weighted by Crippen LogP contribution is -2.09.